The molecule has 2 aromatic heterocycles. The minimum absolute atomic E-state index is 0.111. The lowest BCUT2D eigenvalue weighted by Gasteiger charge is -2.15. The van der Waals surface area contributed by atoms with Crippen molar-refractivity contribution in [3.05, 3.63) is 46.2 Å². The summed E-state index contributed by atoms with van der Waals surface area (Å²) in [6.45, 7) is 7.15. The van der Waals surface area contributed by atoms with E-state index >= 15 is 0 Å². The van der Waals surface area contributed by atoms with Gasteiger partial charge >= 0.3 is 0 Å². The molecule has 21 heavy (non-hydrogen) atoms. The maximum absolute atomic E-state index is 6.34. The van der Waals surface area contributed by atoms with E-state index in [1.807, 2.05) is 24.6 Å². The Labute approximate surface area is 133 Å². The van der Waals surface area contributed by atoms with Gasteiger partial charge in [0.2, 0.25) is 0 Å². The molecular weight excluding hydrogens is 302 g/mol. The zero-order valence-corrected chi connectivity index (χ0v) is 13.9. The Morgan fingerprint density at radius 1 is 1.33 bits per heavy atom. The summed E-state index contributed by atoms with van der Waals surface area (Å²) in [6, 6.07) is 6.22. The first-order valence-corrected chi connectivity index (χ1v) is 8.38. The Bertz CT molecular complexity index is 746. The van der Waals surface area contributed by atoms with Gasteiger partial charge in [-0.3, -0.25) is 0 Å². The third-order valence-electron chi connectivity index (χ3n) is 3.68. The van der Waals surface area contributed by atoms with Crippen molar-refractivity contribution in [2.24, 2.45) is 0 Å². The highest BCUT2D eigenvalue weighted by molar-refractivity contribution is 7.09. The quantitative estimate of drug-likeness (QED) is 0.640. The number of rotatable bonds is 4. The van der Waals surface area contributed by atoms with Crippen LogP contribution in [-0.2, 0) is 6.54 Å². The van der Waals surface area contributed by atoms with E-state index in [2.05, 4.69) is 35.5 Å². The van der Waals surface area contributed by atoms with Gasteiger partial charge in [0.1, 0.15) is 5.82 Å². The number of fused-ring (bicyclic) bond motifs is 1. The second kappa shape index (κ2) is 5.78. The van der Waals surface area contributed by atoms with Gasteiger partial charge in [-0.2, -0.15) is 0 Å². The van der Waals surface area contributed by atoms with Gasteiger partial charge in [-0.15, -0.1) is 22.9 Å². The molecule has 2 atom stereocenters. The Balaban J connectivity index is 2.09. The molecule has 0 amide bonds. The van der Waals surface area contributed by atoms with E-state index < -0.39 is 0 Å². The largest absolute Gasteiger partial charge is 0.326 e. The first-order valence-electron chi connectivity index (χ1n) is 7.07. The number of aryl methyl sites for hydroxylation is 1. The Morgan fingerprint density at radius 2 is 2.14 bits per heavy atom. The molecule has 2 unspecified atom stereocenters. The molecule has 3 rings (SSSR count). The average Bonchev–Trinajstić information content (AvgIpc) is 3.07. The van der Waals surface area contributed by atoms with Crippen LogP contribution in [0.1, 0.15) is 41.5 Å². The summed E-state index contributed by atoms with van der Waals surface area (Å²) in [7, 11) is 0. The van der Waals surface area contributed by atoms with Gasteiger partial charge in [-0.1, -0.05) is 19.1 Å². The fourth-order valence-electron chi connectivity index (χ4n) is 2.70. The summed E-state index contributed by atoms with van der Waals surface area (Å²) >= 11 is 8.04. The number of benzene rings is 1. The van der Waals surface area contributed by atoms with Gasteiger partial charge in [0, 0.05) is 24.0 Å². The van der Waals surface area contributed by atoms with Gasteiger partial charge < -0.3 is 4.57 Å². The highest BCUT2D eigenvalue weighted by Gasteiger charge is 2.19. The Kier molecular flexibility index (Phi) is 4.00. The summed E-state index contributed by atoms with van der Waals surface area (Å²) in [4.78, 5) is 9.15. The summed E-state index contributed by atoms with van der Waals surface area (Å²) in [6.07, 6.45) is 1.86. The molecule has 0 saturated heterocycles. The number of alkyl halides is 1. The number of nitrogens with zero attached hydrogens (tertiary/aromatic N) is 3. The van der Waals surface area contributed by atoms with Crippen LogP contribution in [0.4, 0.5) is 0 Å². The van der Waals surface area contributed by atoms with E-state index in [0.29, 0.717) is 5.92 Å². The highest BCUT2D eigenvalue weighted by Crippen LogP contribution is 2.29. The summed E-state index contributed by atoms with van der Waals surface area (Å²) in [5, 5.41) is 3.06. The van der Waals surface area contributed by atoms with Crippen LogP contribution < -0.4 is 0 Å². The van der Waals surface area contributed by atoms with Crippen molar-refractivity contribution in [1.82, 2.24) is 14.5 Å². The number of hydrogen-bond donors (Lipinski definition) is 0. The molecule has 0 spiro atoms. The molecule has 0 aliphatic rings. The standard InChI is InChI=1S/C16H18ClN3S/c1-10-5-4-6-13-14(10)20(15(19-13)12(3)17)9-11(2)16-18-7-8-21-16/h4-8,11-12H,9H2,1-3H3. The molecule has 3 nitrogen and oxygen atoms in total. The van der Waals surface area contributed by atoms with E-state index in [4.69, 9.17) is 16.6 Å². The van der Waals surface area contributed by atoms with Crippen molar-refractivity contribution < 1.29 is 0 Å². The van der Waals surface area contributed by atoms with Gasteiger partial charge in [0.25, 0.3) is 0 Å². The van der Waals surface area contributed by atoms with E-state index in [-0.39, 0.29) is 5.38 Å². The van der Waals surface area contributed by atoms with E-state index in [0.717, 1.165) is 22.9 Å². The van der Waals surface area contributed by atoms with Gasteiger partial charge in [-0.05, 0) is 25.5 Å². The monoisotopic (exact) mass is 319 g/mol. The number of thiazole rings is 1. The lowest BCUT2D eigenvalue weighted by Crippen LogP contribution is -2.10. The van der Waals surface area contributed by atoms with E-state index in [1.54, 1.807) is 11.3 Å². The summed E-state index contributed by atoms with van der Waals surface area (Å²) in [5.41, 5.74) is 3.43. The fraction of sp³-hybridized carbons (Fsp3) is 0.375. The van der Waals surface area contributed by atoms with E-state index in [9.17, 15) is 0 Å². The molecule has 0 aliphatic carbocycles. The van der Waals surface area contributed by atoms with Crippen LogP contribution in [-0.4, -0.2) is 14.5 Å². The van der Waals surface area contributed by atoms with Crippen LogP contribution in [0.3, 0.4) is 0 Å². The fourth-order valence-corrected chi connectivity index (χ4v) is 3.56. The molecule has 2 heterocycles. The average molecular weight is 320 g/mol. The Morgan fingerprint density at radius 3 is 2.81 bits per heavy atom. The number of halogens is 1. The smallest absolute Gasteiger partial charge is 0.127 e. The molecule has 0 fully saturated rings. The predicted molar refractivity (Wildman–Crippen MR) is 89.3 cm³/mol. The third kappa shape index (κ3) is 2.70. The minimum atomic E-state index is -0.111. The van der Waals surface area contributed by atoms with Crippen molar-refractivity contribution in [1.29, 1.82) is 0 Å². The SMILES string of the molecule is Cc1cccc2nc(C(C)Cl)n(CC(C)c3nccs3)c12. The number of para-hydroxylation sites is 1. The number of aromatic nitrogens is 3. The lowest BCUT2D eigenvalue weighted by atomic mass is 10.1. The van der Waals surface area contributed by atoms with Crippen molar-refractivity contribution in [3.63, 3.8) is 0 Å². The summed E-state index contributed by atoms with van der Waals surface area (Å²) < 4.78 is 2.26. The molecule has 110 valence electrons. The van der Waals surface area contributed by atoms with Crippen molar-refractivity contribution in [2.45, 2.75) is 38.6 Å². The van der Waals surface area contributed by atoms with Crippen molar-refractivity contribution in [2.75, 3.05) is 0 Å². The van der Waals surface area contributed by atoms with Gasteiger partial charge in [-0.25, -0.2) is 9.97 Å². The normalized spacial score (nSPS) is 14.5. The predicted octanol–water partition coefficient (Wildman–Crippen LogP) is 4.90. The molecule has 1 aromatic carbocycles. The topological polar surface area (TPSA) is 30.7 Å². The third-order valence-corrected chi connectivity index (χ3v) is 4.89. The maximum atomic E-state index is 6.34. The first kappa shape index (κ1) is 14.5. The minimum Gasteiger partial charge on any atom is -0.326 e. The molecule has 5 heteroatoms. The molecule has 0 aliphatic heterocycles. The molecular formula is C16H18ClN3S. The van der Waals surface area contributed by atoms with Crippen LogP contribution in [0.25, 0.3) is 11.0 Å². The molecule has 0 N–H and O–H groups in total. The van der Waals surface area contributed by atoms with Crippen LogP contribution >= 0.6 is 22.9 Å². The second-order valence-electron chi connectivity index (χ2n) is 5.41. The maximum Gasteiger partial charge on any atom is 0.127 e. The number of imidazole rings is 1. The zero-order chi connectivity index (χ0) is 15.0. The van der Waals surface area contributed by atoms with Gasteiger partial charge in [0.05, 0.1) is 21.4 Å². The van der Waals surface area contributed by atoms with Crippen LogP contribution in [0, 0.1) is 6.92 Å². The highest BCUT2D eigenvalue weighted by atomic mass is 35.5. The summed E-state index contributed by atoms with van der Waals surface area (Å²) in [5.74, 6) is 1.28. The van der Waals surface area contributed by atoms with Crippen LogP contribution in [0.15, 0.2) is 29.8 Å². The molecule has 0 radical (unpaired) electrons. The van der Waals surface area contributed by atoms with Crippen LogP contribution in [0.2, 0.25) is 0 Å². The second-order valence-corrected chi connectivity index (χ2v) is 6.99. The van der Waals surface area contributed by atoms with Gasteiger partial charge in [0.15, 0.2) is 0 Å². The zero-order valence-electron chi connectivity index (χ0n) is 12.4. The molecule has 0 saturated carbocycles. The first-order chi connectivity index (χ1) is 10.1. The number of hydrogen-bond acceptors (Lipinski definition) is 3. The van der Waals surface area contributed by atoms with Crippen LogP contribution in [0.5, 0.6) is 0 Å². The van der Waals surface area contributed by atoms with Crippen molar-refractivity contribution in [3.8, 4) is 0 Å². The Hall–Kier alpha value is -1.39. The van der Waals surface area contributed by atoms with E-state index in [1.165, 1.54) is 11.1 Å². The molecule has 0 bridgehead atoms. The lowest BCUT2D eigenvalue weighted by molar-refractivity contribution is 0.582. The molecule has 3 aromatic rings. The van der Waals surface area contributed by atoms with Crippen molar-refractivity contribution >= 4 is 34.0 Å².